The highest BCUT2D eigenvalue weighted by molar-refractivity contribution is 5.91. The average molecular weight is 263 g/mol. The van der Waals surface area contributed by atoms with E-state index in [1.165, 1.54) is 0 Å². The Morgan fingerprint density at radius 3 is 2.79 bits per heavy atom. The van der Waals surface area contributed by atoms with Crippen molar-refractivity contribution in [3.63, 3.8) is 0 Å². The van der Waals surface area contributed by atoms with Crippen molar-refractivity contribution in [3.05, 3.63) is 31.5 Å². The van der Waals surface area contributed by atoms with Gasteiger partial charge in [-0.1, -0.05) is 26.0 Å². The fraction of sp³-hybridized carbons (Fsp3) is 0.500. The maximum Gasteiger partial charge on any atom is 0.419 e. The molecule has 1 heterocycles. The van der Waals surface area contributed by atoms with E-state index in [9.17, 15) is 14.4 Å². The highest BCUT2D eigenvalue weighted by Gasteiger charge is 2.34. The summed E-state index contributed by atoms with van der Waals surface area (Å²) in [6.45, 7) is 3.88. The molecule has 0 saturated carbocycles. The first-order valence-electron chi connectivity index (χ1n) is 6.52. The lowest BCUT2D eigenvalue weighted by atomic mass is 9.74. The van der Waals surface area contributed by atoms with Crippen LogP contribution in [0.2, 0.25) is 0 Å². The maximum absolute atomic E-state index is 12.3. The molecule has 2 rings (SSSR count). The first-order valence-corrected chi connectivity index (χ1v) is 6.52. The van der Waals surface area contributed by atoms with Gasteiger partial charge in [0.2, 0.25) is 0 Å². The number of aromatic nitrogens is 1. The zero-order chi connectivity index (χ0) is 14.0. The molecule has 0 aliphatic heterocycles. The summed E-state index contributed by atoms with van der Waals surface area (Å²) in [7, 11) is 0. The summed E-state index contributed by atoms with van der Waals surface area (Å²) in [5.41, 5.74) is -1.33. The van der Waals surface area contributed by atoms with Gasteiger partial charge in [0.05, 0.1) is 16.0 Å². The number of hydrogen-bond acceptors (Lipinski definition) is 4. The minimum Gasteiger partial charge on any atom is -0.372 e. The number of rotatable bonds is 4. The van der Waals surface area contributed by atoms with Gasteiger partial charge in [-0.05, 0) is 19.3 Å². The number of hydrogen-bond donors (Lipinski definition) is 1. The minimum absolute atomic E-state index is 0.130. The molecule has 0 radical (unpaired) electrons. The van der Waals surface area contributed by atoms with Crippen LogP contribution in [-0.4, -0.2) is 10.8 Å². The molecule has 1 aliphatic rings. The van der Waals surface area contributed by atoms with Gasteiger partial charge in [0, 0.05) is 6.42 Å². The second kappa shape index (κ2) is 4.99. The first-order chi connectivity index (χ1) is 9.02. The topological polar surface area (TPSA) is 80.1 Å². The predicted octanol–water partition coefficient (Wildman–Crippen LogP) is 0.0584. The number of carbonyl (C=O) groups excluding carboxylic acids is 1. The van der Waals surface area contributed by atoms with E-state index in [4.69, 9.17) is 0 Å². The van der Waals surface area contributed by atoms with E-state index < -0.39 is 16.8 Å². The van der Waals surface area contributed by atoms with Crippen LogP contribution in [0.15, 0.2) is 14.0 Å². The third-order valence-electron chi connectivity index (χ3n) is 3.69. The second-order valence-corrected chi connectivity index (χ2v) is 4.86. The Morgan fingerprint density at radius 1 is 1.42 bits per heavy atom. The molecule has 5 heteroatoms. The maximum atomic E-state index is 12.3. The molecule has 0 spiro atoms. The molecular formula is C14H17NO4. The van der Waals surface area contributed by atoms with Crippen LogP contribution in [-0.2, 0) is 4.79 Å². The molecule has 1 aromatic rings. The highest BCUT2D eigenvalue weighted by Crippen LogP contribution is 2.32. The van der Waals surface area contributed by atoms with Gasteiger partial charge in [-0.2, -0.15) is 0 Å². The fourth-order valence-corrected chi connectivity index (χ4v) is 2.48. The monoisotopic (exact) mass is 263 g/mol. The molecule has 0 fully saturated rings. The SMILES string of the molecule is CCCC(=O)C1(CC)C=c2c([nH]c(=O)oc2=O)=CC1. The molecular weight excluding hydrogens is 246 g/mol. The van der Waals surface area contributed by atoms with Crippen LogP contribution >= 0.6 is 0 Å². The molecule has 1 aromatic heterocycles. The summed E-state index contributed by atoms with van der Waals surface area (Å²) >= 11 is 0. The Kier molecular flexibility index (Phi) is 3.55. The Labute approximate surface area is 109 Å². The van der Waals surface area contributed by atoms with Crippen LogP contribution in [0.3, 0.4) is 0 Å². The predicted molar refractivity (Wildman–Crippen MR) is 71.0 cm³/mol. The van der Waals surface area contributed by atoms with E-state index >= 15 is 0 Å². The van der Waals surface area contributed by atoms with E-state index in [0.29, 0.717) is 24.6 Å². The summed E-state index contributed by atoms with van der Waals surface area (Å²) in [5, 5.41) is 0.742. The van der Waals surface area contributed by atoms with Gasteiger partial charge in [0.25, 0.3) is 0 Å². The van der Waals surface area contributed by atoms with Crippen molar-refractivity contribution in [1.82, 2.24) is 4.98 Å². The van der Waals surface area contributed by atoms with Crippen LogP contribution in [0.1, 0.15) is 39.5 Å². The Hall–Kier alpha value is -1.91. The number of carbonyl (C=O) groups is 1. The number of H-pyrrole nitrogens is 1. The normalized spacial score (nSPS) is 21.2. The Balaban J connectivity index is 2.66. The number of fused-ring (bicyclic) bond motifs is 1. The van der Waals surface area contributed by atoms with Gasteiger partial charge >= 0.3 is 11.4 Å². The van der Waals surface area contributed by atoms with Gasteiger partial charge in [-0.15, -0.1) is 0 Å². The lowest BCUT2D eigenvalue weighted by molar-refractivity contribution is -0.125. The van der Waals surface area contributed by atoms with Crippen molar-refractivity contribution in [2.45, 2.75) is 39.5 Å². The second-order valence-electron chi connectivity index (χ2n) is 4.86. The van der Waals surface area contributed by atoms with Crippen molar-refractivity contribution >= 4 is 17.9 Å². The number of aromatic amines is 1. The molecule has 0 amide bonds. The smallest absolute Gasteiger partial charge is 0.372 e. The lowest BCUT2D eigenvalue weighted by Crippen LogP contribution is -2.50. The third kappa shape index (κ3) is 2.32. The summed E-state index contributed by atoms with van der Waals surface area (Å²) < 4.78 is 4.52. The molecule has 1 atom stereocenters. The molecule has 5 nitrogen and oxygen atoms in total. The van der Waals surface area contributed by atoms with E-state index in [-0.39, 0.29) is 11.0 Å². The van der Waals surface area contributed by atoms with Gasteiger partial charge in [-0.3, -0.25) is 9.78 Å². The van der Waals surface area contributed by atoms with Crippen LogP contribution in [0, 0.1) is 5.41 Å². The summed E-state index contributed by atoms with van der Waals surface area (Å²) in [5.74, 6) is -0.637. The summed E-state index contributed by atoms with van der Waals surface area (Å²) in [6.07, 6.45) is 5.81. The molecule has 102 valence electrons. The van der Waals surface area contributed by atoms with Gasteiger partial charge in [-0.25, -0.2) is 9.59 Å². The fourth-order valence-electron chi connectivity index (χ4n) is 2.48. The largest absolute Gasteiger partial charge is 0.419 e. The van der Waals surface area contributed by atoms with Crippen LogP contribution in [0.4, 0.5) is 0 Å². The van der Waals surface area contributed by atoms with Crippen molar-refractivity contribution in [2.75, 3.05) is 0 Å². The van der Waals surface area contributed by atoms with E-state index in [1.807, 2.05) is 13.8 Å². The lowest BCUT2D eigenvalue weighted by Gasteiger charge is -2.28. The van der Waals surface area contributed by atoms with Gasteiger partial charge in [0.1, 0.15) is 5.78 Å². The standard InChI is InChI=1S/C14H17NO4/c1-3-5-11(16)14(4-2)7-6-10-9(8-14)12(17)19-13(18)15-10/h6,8H,3-5,7H2,1-2H3,(H,15,18). The first kappa shape index (κ1) is 13.5. The van der Waals surface area contributed by atoms with Crippen molar-refractivity contribution in [2.24, 2.45) is 5.41 Å². The van der Waals surface area contributed by atoms with Crippen molar-refractivity contribution in [1.29, 1.82) is 0 Å². The molecule has 0 saturated heterocycles. The molecule has 0 bridgehead atoms. The summed E-state index contributed by atoms with van der Waals surface area (Å²) in [4.78, 5) is 37.6. The molecule has 19 heavy (non-hydrogen) atoms. The average Bonchev–Trinajstić information content (AvgIpc) is 2.38. The molecule has 1 N–H and O–H groups in total. The summed E-state index contributed by atoms with van der Waals surface area (Å²) in [6, 6.07) is 0. The van der Waals surface area contributed by atoms with Gasteiger partial charge < -0.3 is 4.42 Å². The highest BCUT2D eigenvalue weighted by atomic mass is 16.4. The number of nitrogens with one attached hydrogen (secondary N) is 1. The van der Waals surface area contributed by atoms with Crippen LogP contribution < -0.4 is 21.9 Å². The molecule has 1 aliphatic carbocycles. The van der Waals surface area contributed by atoms with Crippen LogP contribution in [0.25, 0.3) is 12.2 Å². The molecule has 0 aromatic carbocycles. The van der Waals surface area contributed by atoms with E-state index in [2.05, 4.69) is 9.40 Å². The van der Waals surface area contributed by atoms with Crippen LogP contribution in [0.5, 0.6) is 0 Å². The molecule has 1 unspecified atom stereocenters. The zero-order valence-corrected chi connectivity index (χ0v) is 11.1. The van der Waals surface area contributed by atoms with E-state index in [1.54, 1.807) is 12.2 Å². The van der Waals surface area contributed by atoms with Crippen molar-refractivity contribution in [3.8, 4) is 0 Å². The number of Topliss-reactive ketones (excluding diaryl/α,β-unsaturated/α-hetero) is 1. The van der Waals surface area contributed by atoms with E-state index in [0.717, 1.165) is 6.42 Å². The van der Waals surface area contributed by atoms with Gasteiger partial charge in [0.15, 0.2) is 0 Å². The third-order valence-corrected chi connectivity index (χ3v) is 3.69. The quantitative estimate of drug-likeness (QED) is 0.833. The Bertz CT molecular complexity index is 725. The number of ketones is 1. The minimum atomic E-state index is -0.766. The Morgan fingerprint density at radius 2 is 2.16 bits per heavy atom. The van der Waals surface area contributed by atoms with Crippen molar-refractivity contribution < 1.29 is 9.21 Å². The zero-order valence-electron chi connectivity index (χ0n) is 11.1.